The van der Waals surface area contributed by atoms with Crippen molar-refractivity contribution in [1.29, 1.82) is 0 Å². The van der Waals surface area contributed by atoms with Crippen molar-refractivity contribution >= 4 is 22.6 Å². The van der Waals surface area contributed by atoms with E-state index in [2.05, 4.69) is 38.3 Å². The quantitative estimate of drug-likeness (QED) is 0.233. The van der Waals surface area contributed by atoms with Crippen LogP contribution in [0.1, 0.15) is 67.3 Å². The summed E-state index contributed by atoms with van der Waals surface area (Å²) < 4.78 is 6.68. The van der Waals surface area contributed by atoms with Crippen LogP contribution in [0.25, 0.3) is 11.1 Å². The van der Waals surface area contributed by atoms with Gasteiger partial charge in [0.1, 0.15) is 11.5 Å². The second-order valence-corrected chi connectivity index (χ2v) is 11.6. The van der Waals surface area contributed by atoms with Crippen molar-refractivity contribution in [3.63, 3.8) is 0 Å². The molecule has 4 N–H and O–H groups in total. The summed E-state index contributed by atoms with van der Waals surface area (Å²) in [6.45, 7) is 22.2. The van der Waals surface area contributed by atoms with E-state index in [9.17, 15) is 14.7 Å². The Morgan fingerprint density at radius 3 is 2.51 bits per heavy atom. The fraction of sp³-hybridized carbons (Fsp3) is 0.378. The van der Waals surface area contributed by atoms with Gasteiger partial charge in [-0.3, -0.25) is 14.4 Å². The number of aliphatic imine (C=N–C) groups is 1. The minimum absolute atomic E-state index is 0. The number of Topliss-reactive ketones (excluding diaryl/α,β-unsaturated/α-hetero) is 1. The van der Waals surface area contributed by atoms with Crippen LogP contribution in [0.15, 0.2) is 117 Å². The van der Waals surface area contributed by atoms with Crippen LogP contribution in [0.5, 0.6) is 0 Å². The number of benzene rings is 1. The average molecular weight is 645 g/mol. The van der Waals surface area contributed by atoms with Crippen molar-refractivity contribution in [3.05, 3.63) is 119 Å². The monoisotopic (exact) mass is 644 g/mol. The third kappa shape index (κ3) is 8.13. The van der Waals surface area contributed by atoms with Crippen LogP contribution in [0.3, 0.4) is 0 Å². The molecule has 0 saturated heterocycles. The summed E-state index contributed by atoms with van der Waals surface area (Å²) in [5.74, 6) is 0.0380. The molecule has 5 rings (SSSR count). The van der Waals surface area contributed by atoms with Gasteiger partial charge in [0, 0.05) is 51.3 Å². The van der Waals surface area contributed by atoms with E-state index >= 15 is 0 Å². The second-order valence-electron chi connectivity index (χ2n) is 11.6. The molecule has 0 radical (unpaired) electrons. The number of nitrogens with two attached hydrogens (primary N) is 1. The number of nitrogens with one attached hydrogen (secondary N) is 1. The smallest absolute Gasteiger partial charge is 0.419 e. The lowest BCUT2D eigenvalue weighted by Gasteiger charge is -2.37. The summed E-state index contributed by atoms with van der Waals surface area (Å²) in [4.78, 5) is 30.3. The number of carbonyl (C=O) groups excluding carboxylic acids is 1. The predicted molar refractivity (Wildman–Crippen MR) is 193 cm³/mol. The minimum Gasteiger partial charge on any atom is -0.508 e. The maximum absolute atomic E-state index is 13.6. The van der Waals surface area contributed by atoms with E-state index in [-0.39, 0.29) is 30.7 Å². The zero-order chi connectivity index (χ0) is 35.1. The number of oxazole rings is 1. The van der Waals surface area contributed by atoms with E-state index < -0.39 is 5.76 Å². The second kappa shape index (κ2) is 15.6. The number of ketones is 1. The highest BCUT2D eigenvalue weighted by atomic mass is 16.4. The topological polar surface area (TPSA) is 129 Å². The molecule has 2 aliphatic heterocycles. The number of hydrazine groups is 2. The van der Waals surface area contributed by atoms with Gasteiger partial charge in [-0.25, -0.2) is 14.8 Å². The van der Waals surface area contributed by atoms with Crippen molar-refractivity contribution < 1.29 is 15.7 Å². The first-order valence-electron chi connectivity index (χ1n) is 16.2. The summed E-state index contributed by atoms with van der Waals surface area (Å²) >= 11 is 0. The average Bonchev–Trinajstić information content (AvgIpc) is 3.49. The lowest BCUT2D eigenvalue weighted by atomic mass is 9.68. The highest BCUT2D eigenvalue weighted by molar-refractivity contribution is 6.03. The van der Waals surface area contributed by atoms with Gasteiger partial charge < -0.3 is 15.3 Å². The molecule has 47 heavy (non-hydrogen) atoms. The Balaban J connectivity index is 0.00000154. The molecule has 254 valence electrons. The molecule has 3 aliphatic rings. The molecule has 0 spiro atoms. The van der Waals surface area contributed by atoms with E-state index in [1.54, 1.807) is 23.1 Å². The first-order chi connectivity index (χ1) is 22.4. The van der Waals surface area contributed by atoms with Gasteiger partial charge in [0.15, 0.2) is 17.2 Å². The van der Waals surface area contributed by atoms with Crippen molar-refractivity contribution in [1.82, 2.24) is 20.1 Å². The molecule has 1 aromatic carbocycles. The van der Waals surface area contributed by atoms with Crippen LogP contribution in [0, 0.1) is 11.3 Å². The van der Waals surface area contributed by atoms with Crippen molar-refractivity contribution in [2.75, 3.05) is 7.05 Å². The normalized spacial score (nSPS) is 19.0. The van der Waals surface area contributed by atoms with E-state index in [4.69, 9.17) is 15.1 Å². The van der Waals surface area contributed by atoms with E-state index in [0.717, 1.165) is 16.8 Å². The number of hydrogen-bond acceptors (Lipinski definition) is 9. The number of aliphatic hydroxyl groups excluding tert-OH is 1. The number of allylic oxidation sites excluding steroid dienone is 7. The van der Waals surface area contributed by atoms with Crippen molar-refractivity contribution in [3.8, 4) is 0 Å². The van der Waals surface area contributed by atoms with Crippen LogP contribution in [0.4, 0.5) is 0 Å². The van der Waals surface area contributed by atoms with Gasteiger partial charge in [0.2, 0.25) is 0 Å². The largest absolute Gasteiger partial charge is 0.508 e. The number of aryl methyl sites for hydroxylation is 2. The van der Waals surface area contributed by atoms with E-state index in [0.29, 0.717) is 59.6 Å². The molecule has 0 fully saturated rings. The minimum atomic E-state index is -0.418. The molecule has 0 saturated carbocycles. The molecule has 0 amide bonds. The number of aromatic nitrogens is 1. The Morgan fingerprint density at radius 2 is 1.89 bits per heavy atom. The fourth-order valence-corrected chi connectivity index (χ4v) is 5.74. The maximum atomic E-state index is 13.6. The number of rotatable bonds is 10. The Labute approximate surface area is 279 Å². The number of aliphatic hydroxyl groups is 1. The van der Waals surface area contributed by atoms with Crippen LogP contribution in [-0.2, 0) is 18.3 Å². The molecule has 1 aromatic heterocycles. The van der Waals surface area contributed by atoms with E-state index in [1.165, 1.54) is 4.57 Å². The summed E-state index contributed by atoms with van der Waals surface area (Å²) in [5, 5.41) is 13.2. The van der Waals surface area contributed by atoms with Gasteiger partial charge in [-0.1, -0.05) is 78.6 Å². The lowest BCUT2D eigenvalue weighted by molar-refractivity contribution is -0.117. The first-order valence-corrected chi connectivity index (χ1v) is 16.2. The molecule has 1 aliphatic carbocycles. The van der Waals surface area contributed by atoms with Crippen molar-refractivity contribution in [2.24, 2.45) is 29.1 Å². The summed E-state index contributed by atoms with van der Waals surface area (Å²) in [6.07, 6.45) is 12.0. The zero-order valence-electron chi connectivity index (χ0n) is 28.9. The van der Waals surface area contributed by atoms with Gasteiger partial charge in [-0.05, 0) is 54.0 Å². The number of fused-ring (bicyclic) bond motifs is 2. The molecule has 2 unspecified atom stereocenters. The Bertz CT molecular complexity index is 1760. The first kappa shape index (κ1) is 36.6. The molecule has 2 atom stereocenters. The SMILES string of the molecule is C=C(O)C1=CCC(C)(C(CC(=C)C2=NC3=CN(C)NN3C(C(=O)CCc3ccc4oc(=O)n(C)c4c3)=CC2)C(=C)N)C=C1.CC.CC.[HH]. The van der Waals surface area contributed by atoms with Crippen LogP contribution >= 0.6 is 0 Å². The lowest BCUT2D eigenvalue weighted by Crippen LogP contribution is -2.39. The Kier molecular flexibility index (Phi) is 12.2. The van der Waals surface area contributed by atoms with Crippen LogP contribution in [0.2, 0.25) is 0 Å². The molecular formula is C37H52N6O4. The van der Waals surface area contributed by atoms with Crippen LogP contribution in [-0.4, -0.2) is 38.2 Å². The van der Waals surface area contributed by atoms with Gasteiger partial charge in [0.25, 0.3) is 0 Å². The standard InChI is InChI=1S/C33H38N6O4.2C2H6.H2/c1-20(17-25(21(2)34)33(4)15-13-24(14-16-33)22(3)40)26-9-10-27(39-31(35-26)19-37(5)36-39)29(41)11-7-23-8-12-30-28(18-23)38(6)32(42)43-30;2*1-2;/h8,10,12-15,18-19,25,36,40H,1-3,7,9,11,16-17,34H2,4-6H3;2*1-2H3;1H. The summed E-state index contributed by atoms with van der Waals surface area (Å²) in [7, 11) is 3.50. The summed E-state index contributed by atoms with van der Waals surface area (Å²) in [6, 6.07) is 5.52. The zero-order valence-corrected chi connectivity index (χ0v) is 28.9. The molecular weight excluding hydrogens is 592 g/mol. The van der Waals surface area contributed by atoms with Crippen LogP contribution < -0.4 is 17.0 Å². The maximum Gasteiger partial charge on any atom is 0.419 e. The third-order valence-corrected chi connectivity index (χ3v) is 8.40. The fourth-order valence-electron chi connectivity index (χ4n) is 5.74. The molecule has 10 heteroatoms. The molecule has 10 nitrogen and oxygen atoms in total. The highest BCUT2D eigenvalue weighted by Crippen LogP contribution is 2.43. The number of carbonyl (C=O) groups is 1. The number of nitrogens with zero attached hydrogens (tertiary/aromatic N) is 4. The van der Waals surface area contributed by atoms with Gasteiger partial charge in [0.05, 0.1) is 11.7 Å². The van der Waals surface area contributed by atoms with Gasteiger partial charge in [-0.2, -0.15) is 0 Å². The highest BCUT2D eigenvalue weighted by Gasteiger charge is 2.36. The number of hydrogen-bond donors (Lipinski definition) is 3. The molecule has 3 heterocycles. The van der Waals surface area contributed by atoms with Gasteiger partial charge >= 0.3 is 5.76 Å². The molecule has 0 bridgehead atoms. The summed E-state index contributed by atoms with van der Waals surface area (Å²) in [5.41, 5.74) is 14.6. The van der Waals surface area contributed by atoms with E-state index in [1.807, 2.05) is 71.3 Å². The Hall–Kier alpha value is -4.83. The predicted octanol–water partition coefficient (Wildman–Crippen LogP) is 7.13. The third-order valence-electron chi connectivity index (χ3n) is 8.40. The van der Waals surface area contributed by atoms with Gasteiger partial charge in [-0.15, -0.1) is 5.53 Å². The van der Waals surface area contributed by atoms with Crippen molar-refractivity contribution in [2.45, 2.75) is 66.7 Å². The molecule has 2 aromatic rings. The Morgan fingerprint density at radius 1 is 1.19 bits per heavy atom.